The predicted octanol–water partition coefficient (Wildman–Crippen LogP) is 3.70. The topological polar surface area (TPSA) is 66.2 Å². The van der Waals surface area contributed by atoms with Gasteiger partial charge in [0, 0.05) is 32.7 Å². The van der Waals surface area contributed by atoms with Gasteiger partial charge in [0.25, 0.3) is 5.91 Å². The van der Waals surface area contributed by atoms with E-state index < -0.39 is 0 Å². The van der Waals surface area contributed by atoms with Gasteiger partial charge >= 0.3 is 0 Å². The summed E-state index contributed by atoms with van der Waals surface area (Å²) in [6, 6.07) is 17.6. The molecule has 2 aromatic heterocycles. The molecule has 3 heterocycles. The van der Waals surface area contributed by atoms with Crippen LogP contribution in [0.2, 0.25) is 0 Å². The van der Waals surface area contributed by atoms with Crippen LogP contribution in [0.3, 0.4) is 0 Å². The first-order valence-electron chi connectivity index (χ1n) is 12.1. The van der Waals surface area contributed by atoms with Crippen LogP contribution in [0, 0.1) is 6.92 Å². The van der Waals surface area contributed by atoms with Crippen molar-refractivity contribution in [1.29, 1.82) is 0 Å². The minimum atomic E-state index is -0.0986. The molecule has 35 heavy (non-hydrogen) atoms. The molecule has 1 aromatic carbocycles. The third-order valence-corrected chi connectivity index (χ3v) is 7.00. The Bertz CT molecular complexity index is 1060. The number of nitrogens with zero attached hydrogens (tertiary/aromatic N) is 3. The molecule has 7 nitrogen and oxygen atoms in total. The molecular formula is C27H33N3O4S. The highest BCUT2D eigenvalue weighted by atomic mass is 32.1. The fourth-order valence-corrected chi connectivity index (χ4v) is 4.81. The molecule has 0 bridgehead atoms. The number of carbonyl (C=O) groups excluding carboxylic acids is 2. The number of rotatable bonds is 11. The normalized spacial score (nSPS) is 14.1. The van der Waals surface area contributed by atoms with Crippen molar-refractivity contribution in [2.24, 2.45) is 0 Å². The lowest BCUT2D eigenvalue weighted by Crippen LogP contribution is -2.47. The van der Waals surface area contributed by atoms with Gasteiger partial charge in [0.15, 0.2) is 0 Å². The molecule has 186 valence electrons. The van der Waals surface area contributed by atoms with Gasteiger partial charge < -0.3 is 19.0 Å². The summed E-state index contributed by atoms with van der Waals surface area (Å²) in [5, 5.41) is 1.89. The van der Waals surface area contributed by atoms with E-state index in [1.165, 1.54) is 16.9 Å². The Morgan fingerprint density at radius 2 is 1.77 bits per heavy atom. The van der Waals surface area contributed by atoms with Crippen molar-refractivity contribution in [2.45, 2.75) is 19.9 Å². The molecule has 1 aliphatic heterocycles. The SMILES string of the molecule is Cc1ccc(CN(CCc2ccccc2)C(=O)CN(CCN2CCOCC2)C(=O)c2cccs2)o1. The number of hydrogen-bond acceptors (Lipinski definition) is 6. The highest BCUT2D eigenvalue weighted by molar-refractivity contribution is 7.12. The van der Waals surface area contributed by atoms with Gasteiger partial charge in [-0.05, 0) is 42.5 Å². The summed E-state index contributed by atoms with van der Waals surface area (Å²) in [5.74, 6) is 1.38. The third-order valence-electron chi connectivity index (χ3n) is 6.14. The fourth-order valence-electron chi connectivity index (χ4n) is 4.12. The summed E-state index contributed by atoms with van der Waals surface area (Å²) in [7, 11) is 0. The van der Waals surface area contributed by atoms with Gasteiger partial charge in [-0.1, -0.05) is 36.4 Å². The zero-order valence-electron chi connectivity index (χ0n) is 20.2. The molecule has 0 saturated carbocycles. The van der Waals surface area contributed by atoms with Gasteiger partial charge in [0.2, 0.25) is 5.91 Å². The Morgan fingerprint density at radius 3 is 2.46 bits per heavy atom. The second kappa shape index (κ2) is 12.7. The van der Waals surface area contributed by atoms with Crippen molar-refractivity contribution < 1.29 is 18.7 Å². The van der Waals surface area contributed by atoms with E-state index in [1.807, 2.05) is 54.8 Å². The summed E-state index contributed by atoms with van der Waals surface area (Å²) >= 11 is 1.40. The number of carbonyl (C=O) groups is 2. The molecule has 2 amide bonds. The Labute approximate surface area is 210 Å². The van der Waals surface area contributed by atoms with Crippen LogP contribution in [-0.2, 0) is 22.5 Å². The summed E-state index contributed by atoms with van der Waals surface area (Å²) in [5.41, 5.74) is 1.17. The molecule has 1 saturated heterocycles. The molecule has 0 spiro atoms. The van der Waals surface area contributed by atoms with Crippen LogP contribution in [-0.4, -0.2) is 79.0 Å². The molecule has 3 aromatic rings. The van der Waals surface area contributed by atoms with E-state index in [-0.39, 0.29) is 18.4 Å². The van der Waals surface area contributed by atoms with Crippen LogP contribution >= 0.6 is 11.3 Å². The lowest BCUT2D eigenvalue weighted by molar-refractivity contribution is -0.132. The fraction of sp³-hybridized carbons (Fsp3) is 0.407. The summed E-state index contributed by atoms with van der Waals surface area (Å²) in [4.78, 5) is 33.3. The Morgan fingerprint density at radius 1 is 0.971 bits per heavy atom. The first kappa shape index (κ1) is 25.2. The number of morpholine rings is 1. The Hall–Kier alpha value is -2.94. The number of aryl methyl sites for hydroxylation is 1. The maximum atomic E-state index is 13.6. The van der Waals surface area contributed by atoms with Crippen LogP contribution in [0.15, 0.2) is 64.4 Å². The lowest BCUT2D eigenvalue weighted by Gasteiger charge is -2.31. The summed E-state index contributed by atoms with van der Waals surface area (Å²) in [6.07, 6.45) is 0.735. The Balaban J connectivity index is 1.46. The smallest absolute Gasteiger partial charge is 0.264 e. The van der Waals surface area contributed by atoms with Crippen molar-refractivity contribution in [3.8, 4) is 0 Å². The minimum absolute atomic E-state index is 0.0373. The van der Waals surface area contributed by atoms with E-state index in [2.05, 4.69) is 17.0 Å². The van der Waals surface area contributed by atoms with Crippen molar-refractivity contribution in [3.63, 3.8) is 0 Å². The van der Waals surface area contributed by atoms with Gasteiger partial charge in [0.05, 0.1) is 24.6 Å². The molecule has 4 rings (SSSR count). The maximum absolute atomic E-state index is 13.6. The van der Waals surface area contributed by atoms with Gasteiger partial charge in [-0.3, -0.25) is 14.5 Å². The first-order valence-corrected chi connectivity index (χ1v) is 13.0. The molecule has 1 fully saturated rings. The van der Waals surface area contributed by atoms with E-state index >= 15 is 0 Å². The second-order valence-electron chi connectivity index (χ2n) is 8.72. The Kier molecular flexibility index (Phi) is 9.11. The highest BCUT2D eigenvalue weighted by Crippen LogP contribution is 2.15. The van der Waals surface area contributed by atoms with Crippen molar-refractivity contribution in [3.05, 3.63) is 81.9 Å². The van der Waals surface area contributed by atoms with Gasteiger partial charge in [-0.2, -0.15) is 0 Å². The molecular weight excluding hydrogens is 462 g/mol. The average Bonchev–Trinajstić information content (AvgIpc) is 3.57. The molecule has 0 unspecified atom stereocenters. The largest absolute Gasteiger partial charge is 0.464 e. The number of thiophene rings is 1. The standard InChI is InChI=1S/C27H33N3O4S/c1-22-9-10-24(34-22)20-29(12-11-23-6-3-2-4-7-23)26(31)21-30(27(32)25-8-5-19-35-25)14-13-28-15-17-33-18-16-28/h2-10,19H,11-18,20-21H2,1H3. The zero-order valence-corrected chi connectivity index (χ0v) is 21.0. The zero-order chi connectivity index (χ0) is 24.5. The van der Waals surface area contributed by atoms with Crippen molar-refractivity contribution in [2.75, 3.05) is 52.5 Å². The van der Waals surface area contributed by atoms with Gasteiger partial charge in [-0.25, -0.2) is 0 Å². The summed E-state index contributed by atoms with van der Waals surface area (Å²) < 4.78 is 11.2. The number of benzene rings is 1. The van der Waals surface area contributed by atoms with E-state index in [4.69, 9.17) is 9.15 Å². The molecule has 0 aliphatic carbocycles. The molecule has 1 aliphatic rings. The van der Waals surface area contributed by atoms with Gasteiger partial charge in [-0.15, -0.1) is 11.3 Å². The molecule has 8 heteroatoms. The lowest BCUT2D eigenvalue weighted by atomic mass is 10.1. The van der Waals surface area contributed by atoms with E-state index in [0.29, 0.717) is 37.7 Å². The number of hydrogen-bond donors (Lipinski definition) is 0. The molecule has 0 radical (unpaired) electrons. The monoisotopic (exact) mass is 495 g/mol. The van der Waals surface area contributed by atoms with Crippen molar-refractivity contribution in [1.82, 2.24) is 14.7 Å². The highest BCUT2D eigenvalue weighted by Gasteiger charge is 2.24. The van der Waals surface area contributed by atoms with Crippen molar-refractivity contribution >= 4 is 23.2 Å². The first-order chi connectivity index (χ1) is 17.1. The maximum Gasteiger partial charge on any atom is 0.264 e. The quantitative estimate of drug-likeness (QED) is 0.406. The number of amides is 2. The minimum Gasteiger partial charge on any atom is -0.464 e. The number of furan rings is 1. The molecule has 0 atom stereocenters. The third kappa shape index (κ3) is 7.52. The van der Waals surface area contributed by atoms with Crippen LogP contribution in [0.5, 0.6) is 0 Å². The van der Waals surface area contributed by atoms with Crippen LogP contribution in [0.4, 0.5) is 0 Å². The van der Waals surface area contributed by atoms with Crippen LogP contribution < -0.4 is 0 Å². The molecule has 0 N–H and O–H groups in total. The predicted molar refractivity (Wildman–Crippen MR) is 136 cm³/mol. The van der Waals surface area contributed by atoms with Crippen LogP contribution in [0.1, 0.15) is 26.8 Å². The van der Waals surface area contributed by atoms with E-state index in [9.17, 15) is 9.59 Å². The van der Waals surface area contributed by atoms with E-state index in [0.717, 1.165) is 37.6 Å². The number of ether oxygens (including phenoxy) is 1. The average molecular weight is 496 g/mol. The van der Waals surface area contributed by atoms with Crippen LogP contribution in [0.25, 0.3) is 0 Å². The second-order valence-corrected chi connectivity index (χ2v) is 9.67. The summed E-state index contributed by atoms with van der Waals surface area (Å²) in [6.45, 7) is 7.16. The van der Waals surface area contributed by atoms with Gasteiger partial charge in [0.1, 0.15) is 18.1 Å². The van der Waals surface area contributed by atoms with E-state index in [1.54, 1.807) is 9.80 Å².